The monoisotopic (exact) mass is 219 g/mol. The molecule has 2 N–H and O–H groups in total. The van der Waals surface area contributed by atoms with Crippen molar-refractivity contribution in [3.05, 3.63) is 39.3 Å². The van der Waals surface area contributed by atoms with Crippen LogP contribution in [0.5, 0.6) is 0 Å². The number of carboxylic acid groups (broad SMARTS) is 1. The van der Waals surface area contributed by atoms with Crippen LogP contribution in [0.3, 0.4) is 0 Å². The Morgan fingerprint density at radius 3 is 2.88 bits per heavy atom. The van der Waals surface area contributed by atoms with Gasteiger partial charge in [0.15, 0.2) is 0 Å². The summed E-state index contributed by atoms with van der Waals surface area (Å²) in [6, 6.07) is 1.80. The molecule has 0 atom stereocenters. The Morgan fingerprint density at radius 1 is 1.38 bits per heavy atom. The van der Waals surface area contributed by atoms with Crippen molar-refractivity contribution in [2.45, 2.75) is 25.7 Å². The highest BCUT2D eigenvalue weighted by atomic mass is 16.4. The van der Waals surface area contributed by atoms with Crippen molar-refractivity contribution >= 4 is 12.0 Å². The minimum absolute atomic E-state index is 0.210. The number of hydrogen-bond donors (Lipinski definition) is 2. The van der Waals surface area contributed by atoms with Crippen molar-refractivity contribution in [1.29, 1.82) is 0 Å². The zero-order valence-corrected chi connectivity index (χ0v) is 8.82. The normalized spacial score (nSPS) is 15.0. The number of aromatic amines is 1. The van der Waals surface area contributed by atoms with Crippen LogP contribution in [0.4, 0.5) is 0 Å². The van der Waals surface area contributed by atoms with Crippen LogP contribution in [0, 0.1) is 0 Å². The summed E-state index contributed by atoms with van der Waals surface area (Å²) in [6.07, 6.45) is 6.43. The Labute approximate surface area is 92.6 Å². The van der Waals surface area contributed by atoms with Gasteiger partial charge in [0.25, 0.3) is 5.56 Å². The van der Waals surface area contributed by atoms with Crippen molar-refractivity contribution in [3.63, 3.8) is 0 Å². The SMILES string of the molecule is O=C(O)/C=C/c1cc2c([nH]c1=O)CCCC2. The van der Waals surface area contributed by atoms with E-state index in [0.717, 1.165) is 43.0 Å². The average Bonchev–Trinajstić information content (AvgIpc) is 2.26. The van der Waals surface area contributed by atoms with E-state index in [9.17, 15) is 9.59 Å². The van der Waals surface area contributed by atoms with E-state index in [1.165, 1.54) is 6.08 Å². The number of nitrogens with one attached hydrogen (secondary N) is 1. The van der Waals surface area contributed by atoms with Gasteiger partial charge >= 0.3 is 5.97 Å². The molecule has 1 aliphatic carbocycles. The summed E-state index contributed by atoms with van der Waals surface area (Å²) in [5, 5.41) is 8.51. The molecule has 4 heteroatoms. The van der Waals surface area contributed by atoms with Crippen molar-refractivity contribution in [1.82, 2.24) is 4.98 Å². The van der Waals surface area contributed by atoms with Gasteiger partial charge in [-0.1, -0.05) is 0 Å². The molecule has 0 aliphatic heterocycles. The van der Waals surface area contributed by atoms with Crippen molar-refractivity contribution in [2.24, 2.45) is 0 Å². The highest BCUT2D eigenvalue weighted by Crippen LogP contribution is 2.18. The van der Waals surface area contributed by atoms with E-state index < -0.39 is 5.97 Å². The molecule has 4 nitrogen and oxygen atoms in total. The first-order valence-electron chi connectivity index (χ1n) is 5.33. The van der Waals surface area contributed by atoms with Crippen LogP contribution >= 0.6 is 0 Å². The fraction of sp³-hybridized carbons (Fsp3) is 0.333. The van der Waals surface area contributed by atoms with E-state index >= 15 is 0 Å². The Bertz CT molecular complexity index is 499. The molecule has 84 valence electrons. The number of fused-ring (bicyclic) bond motifs is 1. The molecule has 0 bridgehead atoms. The van der Waals surface area contributed by atoms with Gasteiger partial charge in [0.2, 0.25) is 0 Å². The molecule has 1 aromatic rings. The molecule has 0 saturated carbocycles. The highest BCUT2D eigenvalue weighted by molar-refractivity contribution is 5.85. The molecular formula is C12H13NO3. The molecule has 0 spiro atoms. The van der Waals surface area contributed by atoms with Crippen molar-refractivity contribution in [3.8, 4) is 0 Å². The summed E-state index contributed by atoms with van der Waals surface area (Å²) in [5.41, 5.74) is 2.35. The zero-order chi connectivity index (χ0) is 11.5. The maximum atomic E-state index is 11.6. The number of pyridine rings is 1. The van der Waals surface area contributed by atoms with Crippen LogP contribution in [0.2, 0.25) is 0 Å². The number of aliphatic carboxylic acids is 1. The number of H-pyrrole nitrogens is 1. The standard InChI is InChI=1S/C12H13NO3/c14-11(15)6-5-9-7-8-3-1-2-4-10(8)13-12(9)16/h5-7H,1-4H2,(H,13,16)(H,14,15)/b6-5+. The van der Waals surface area contributed by atoms with Crippen molar-refractivity contribution < 1.29 is 9.90 Å². The minimum Gasteiger partial charge on any atom is -0.478 e. The maximum Gasteiger partial charge on any atom is 0.328 e. The third kappa shape index (κ3) is 2.21. The number of aromatic nitrogens is 1. The lowest BCUT2D eigenvalue weighted by molar-refractivity contribution is -0.131. The van der Waals surface area contributed by atoms with Gasteiger partial charge in [0.05, 0.1) is 0 Å². The number of hydrogen-bond acceptors (Lipinski definition) is 2. The smallest absolute Gasteiger partial charge is 0.328 e. The second-order valence-corrected chi connectivity index (χ2v) is 3.94. The summed E-state index contributed by atoms with van der Waals surface area (Å²) in [7, 11) is 0. The predicted molar refractivity (Wildman–Crippen MR) is 60.4 cm³/mol. The maximum absolute atomic E-state index is 11.6. The van der Waals surface area contributed by atoms with E-state index in [-0.39, 0.29) is 5.56 Å². The Morgan fingerprint density at radius 2 is 2.12 bits per heavy atom. The highest BCUT2D eigenvalue weighted by Gasteiger charge is 2.11. The lowest BCUT2D eigenvalue weighted by Gasteiger charge is -2.15. The Balaban J connectivity index is 2.40. The van der Waals surface area contributed by atoms with Gasteiger partial charge in [-0.25, -0.2) is 4.79 Å². The van der Waals surface area contributed by atoms with E-state index in [1.807, 2.05) is 0 Å². The molecule has 2 rings (SSSR count). The number of carbonyl (C=O) groups is 1. The van der Waals surface area contributed by atoms with Crippen LogP contribution in [0.25, 0.3) is 6.08 Å². The summed E-state index contributed by atoms with van der Waals surface area (Å²) in [5.74, 6) is -1.04. The third-order valence-electron chi connectivity index (χ3n) is 2.77. The minimum atomic E-state index is -1.04. The topological polar surface area (TPSA) is 70.2 Å². The van der Waals surface area contributed by atoms with Gasteiger partial charge in [0, 0.05) is 17.3 Å². The second kappa shape index (κ2) is 4.35. The summed E-state index contributed by atoms with van der Waals surface area (Å²) in [4.78, 5) is 24.8. The van der Waals surface area contributed by atoms with Crippen LogP contribution in [-0.2, 0) is 17.6 Å². The summed E-state index contributed by atoms with van der Waals surface area (Å²) in [6.45, 7) is 0. The largest absolute Gasteiger partial charge is 0.478 e. The number of aryl methyl sites for hydroxylation is 2. The first-order valence-corrected chi connectivity index (χ1v) is 5.33. The molecule has 0 radical (unpaired) electrons. The van der Waals surface area contributed by atoms with Gasteiger partial charge in [-0.15, -0.1) is 0 Å². The Hall–Kier alpha value is -1.84. The van der Waals surface area contributed by atoms with Crippen LogP contribution < -0.4 is 5.56 Å². The molecular weight excluding hydrogens is 206 g/mol. The van der Waals surface area contributed by atoms with Crippen LogP contribution in [0.1, 0.15) is 29.7 Å². The van der Waals surface area contributed by atoms with E-state index in [4.69, 9.17) is 5.11 Å². The number of carboxylic acids is 1. The molecule has 0 amide bonds. The van der Waals surface area contributed by atoms with Gasteiger partial charge in [-0.2, -0.15) is 0 Å². The molecule has 1 heterocycles. The predicted octanol–water partition coefficient (Wildman–Crippen LogP) is 1.35. The zero-order valence-electron chi connectivity index (χ0n) is 8.82. The van der Waals surface area contributed by atoms with Gasteiger partial charge in [0.1, 0.15) is 0 Å². The fourth-order valence-corrected chi connectivity index (χ4v) is 1.98. The lowest BCUT2D eigenvalue weighted by atomic mass is 9.95. The lowest BCUT2D eigenvalue weighted by Crippen LogP contribution is -2.17. The average molecular weight is 219 g/mol. The fourth-order valence-electron chi connectivity index (χ4n) is 1.98. The molecule has 1 aliphatic rings. The van der Waals surface area contributed by atoms with Crippen LogP contribution in [0.15, 0.2) is 16.9 Å². The Kier molecular flexibility index (Phi) is 2.90. The summed E-state index contributed by atoms with van der Waals surface area (Å²) >= 11 is 0. The van der Waals surface area contributed by atoms with E-state index in [2.05, 4.69) is 4.98 Å². The van der Waals surface area contributed by atoms with Gasteiger partial charge < -0.3 is 10.1 Å². The molecule has 0 unspecified atom stereocenters. The molecule has 0 aromatic carbocycles. The third-order valence-corrected chi connectivity index (χ3v) is 2.77. The quantitative estimate of drug-likeness (QED) is 0.737. The second-order valence-electron chi connectivity index (χ2n) is 3.94. The molecule has 1 aromatic heterocycles. The summed E-state index contributed by atoms with van der Waals surface area (Å²) < 4.78 is 0. The van der Waals surface area contributed by atoms with Crippen LogP contribution in [-0.4, -0.2) is 16.1 Å². The molecule has 0 saturated heterocycles. The van der Waals surface area contributed by atoms with Crippen molar-refractivity contribution in [2.75, 3.05) is 0 Å². The van der Waals surface area contributed by atoms with Gasteiger partial charge in [-0.05, 0) is 43.4 Å². The molecule has 0 fully saturated rings. The number of rotatable bonds is 2. The first-order chi connectivity index (χ1) is 7.66. The molecule has 16 heavy (non-hydrogen) atoms. The van der Waals surface area contributed by atoms with E-state index in [1.54, 1.807) is 6.07 Å². The first kappa shape index (κ1) is 10.7. The van der Waals surface area contributed by atoms with E-state index in [0.29, 0.717) is 5.56 Å². The van der Waals surface area contributed by atoms with Gasteiger partial charge in [-0.3, -0.25) is 4.79 Å².